The van der Waals surface area contributed by atoms with Crippen LogP contribution in [-0.2, 0) is 14.6 Å². The van der Waals surface area contributed by atoms with Gasteiger partial charge in [-0.25, -0.2) is 8.42 Å². The van der Waals surface area contributed by atoms with E-state index in [9.17, 15) is 13.2 Å². The molecule has 0 amide bonds. The number of carbonyl (C=O) groups is 1. The summed E-state index contributed by atoms with van der Waals surface area (Å²) in [6.45, 7) is 10.2. The highest BCUT2D eigenvalue weighted by Crippen LogP contribution is 2.58. The molecule has 16 heavy (non-hydrogen) atoms. The van der Waals surface area contributed by atoms with Gasteiger partial charge in [-0.15, -0.1) is 0 Å². The molecular weight excluding hydrogens is 224 g/mol. The molecule has 3 nitrogen and oxygen atoms in total. The maximum absolute atomic E-state index is 12.6. The minimum atomic E-state index is -3.43. The van der Waals surface area contributed by atoms with Crippen LogP contribution in [0.15, 0.2) is 0 Å². The quantitative estimate of drug-likeness (QED) is 0.768. The number of sulfone groups is 1. The largest absolute Gasteiger partial charge is 0.298 e. The second kappa shape index (κ2) is 3.31. The topological polar surface area (TPSA) is 51.2 Å². The molecule has 0 unspecified atom stereocenters. The van der Waals surface area contributed by atoms with Gasteiger partial charge in [-0.1, -0.05) is 20.8 Å². The van der Waals surface area contributed by atoms with Gasteiger partial charge in [0, 0.05) is 0 Å². The lowest BCUT2D eigenvalue weighted by molar-refractivity contribution is -0.118. The van der Waals surface area contributed by atoms with Crippen LogP contribution in [0.4, 0.5) is 0 Å². The Morgan fingerprint density at radius 2 is 1.44 bits per heavy atom. The number of rotatable bonds is 3. The zero-order valence-electron chi connectivity index (χ0n) is 11.0. The lowest BCUT2D eigenvalue weighted by Crippen LogP contribution is -2.50. The van der Waals surface area contributed by atoms with Crippen molar-refractivity contribution < 1.29 is 13.2 Å². The van der Waals surface area contributed by atoms with E-state index >= 15 is 0 Å². The molecule has 0 heterocycles. The van der Waals surface area contributed by atoms with Gasteiger partial charge in [-0.3, -0.25) is 4.79 Å². The van der Waals surface area contributed by atoms with Gasteiger partial charge in [0.05, 0.1) is 4.75 Å². The van der Waals surface area contributed by atoms with Crippen molar-refractivity contribution in [1.29, 1.82) is 0 Å². The molecule has 4 heteroatoms. The molecule has 1 fully saturated rings. The normalized spacial score (nSPS) is 20.6. The molecule has 0 atom stereocenters. The Morgan fingerprint density at radius 3 is 1.62 bits per heavy atom. The van der Waals surface area contributed by atoms with E-state index in [2.05, 4.69) is 0 Å². The number of carbonyl (C=O) groups excluding carboxylic acids is 1. The van der Waals surface area contributed by atoms with Crippen molar-refractivity contribution in [2.75, 3.05) is 0 Å². The first-order valence-electron chi connectivity index (χ1n) is 5.65. The molecule has 1 aliphatic rings. The zero-order valence-corrected chi connectivity index (χ0v) is 11.9. The van der Waals surface area contributed by atoms with Crippen molar-refractivity contribution in [3.8, 4) is 0 Å². The molecule has 0 aromatic rings. The number of Topliss-reactive ketones (excluding diaryl/α,β-unsaturated/α-hetero) is 1. The Labute approximate surface area is 98.5 Å². The highest BCUT2D eigenvalue weighted by atomic mass is 32.2. The molecule has 94 valence electrons. The van der Waals surface area contributed by atoms with Gasteiger partial charge in [-0.05, 0) is 39.0 Å². The summed E-state index contributed by atoms with van der Waals surface area (Å²) in [6.07, 6.45) is 1.35. The first-order valence-corrected chi connectivity index (χ1v) is 7.14. The van der Waals surface area contributed by atoms with Gasteiger partial charge in [0.25, 0.3) is 0 Å². The molecule has 0 bridgehead atoms. The van der Waals surface area contributed by atoms with Crippen LogP contribution in [-0.4, -0.2) is 23.7 Å². The predicted molar refractivity (Wildman–Crippen MR) is 65.1 cm³/mol. The second-order valence-corrected chi connectivity index (χ2v) is 9.12. The number of ketones is 1. The lowest BCUT2D eigenvalue weighted by atomic mass is 9.89. The van der Waals surface area contributed by atoms with Crippen LogP contribution >= 0.6 is 0 Å². The van der Waals surface area contributed by atoms with Crippen LogP contribution in [0.25, 0.3) is 0 Å². The minimum absolute atomic E-state index is 0.275. The highest BCUT2D eigenvalue weighted by molar-refractivity contribution is 7.95. The summed E-state index contributed by atoms with van der Waals surface area (Å²) in [5, 5.41) is 0. The van der Waals surface area contributed by atoms with E-state index in [1.165, 1.54) is 20.8 Å². The smallest absolute Gasteiger partial charge is 0.168 e. The van der Waals surface area contributed by atoms with Gasteiger partial charge >= 0.3 is 0 Å². The van der Waals surface area contributed by atoms with Gasteiger partial charge in [0.1, 0.15) is 10.5 Å². The maximum atomic E-state index is 12.6. The van der Waals surface area contributed by atoms with Crippen molar-refractivity contribution in [3.63, 3.8) is 0 Å². The molecule has 0 saturated heterocycles. The minimum Gasteiger partial charge on any atom is -0.298 e. The Hall–Kier alpha value is -0.380. The molecule has 0 aromatic carbocycles. The summed E-state index contributed by atoms with van der Waals surface area (Å²) in [4.78, 5) is 11.5. The average molecular weight is 246 g/mol. The van der Waals surface area contributed by atoms with Crippen LogP contribution < -0.4 is 0 Å². The van der Waals surface area contributed by atoms with E-state index in [0.717, 1.165) is 0 Å². The number of hydrogen-bond acceptors (Lipinski definition) is 3. The fourth-order valence-electron chi connectivity index (χ4n) is 2.21. The van der Waals surface area contributed by atoms with Gasteiger partial charge < -0.3 is 0 Å². The van der Waals surface area contributed by atoms with Gasteiger partial charge in [0.2, 0.25) is 0 Å². The second-order valence-electron chi connectivity index (χ2n) is 6.31. The van der Waals surface area contributed by atoms with E-state index in [4.69, 9.17) is 0 Å². The summed E-state index contributed by atoms with van der Waals surface area (Å²) in [6, 6.07) is 0. The van der Waals surface area contributed by atoms with Crippen molar-refractivity contribution in [1.82, 2.24) is 0 Å². The average Bonchev–Trinajstić information content (AvgIpc) is 2.80. The molecule has 1 saturated carbocycles. The third-order valence-electron chi connectivity index (χ3n) is 4.11. The summed E-state index contributed by atoms with van der Waals surface area (Å²) < 4.78 is 23.2. The van der Waals surface area contributed by atoms with Crippen molar-refractivity contribution in [3.05, 3.63) is 0 Å². The predicted octanol–water partition coefficient (Wildman–Crippen LogP) is 2.35. The van der Waals surface area contributed by atoms with Gasteiger partial charge in [0.15, 0.2) is 9.84 Å². The third kappa shape index (κ3) is 1.53. The SMILES string of the molecule is CC(=O)C(C)(C)S(=O)(=O)C1(C(C)(C)C)CC1. The Kier molecular flexibility index (Phi) is 2.83. The van der Waals surface area contributed by atoms with Crippen LogP contribution in [0.1, 0.15) is 54.4 Å². The standard InChI is InChI=1S/C12H22O3S/c1-9(13)11(5,6)16(14,15)12(7-8-12)10(2,3)4/h7-8H2,1-6H3. The van der Waals surface area contributed by atoms with Crippen molar-refractivity contribution in [2.24, 2.45) is 5.41 Å². The summed E-state index contributed by atoms with van der Waals surface area (Å²) in [5.41, 5.74) is -0.307. The third-order valence-corrected chi connectivity index (χ3v) is 7.79. The molecule has 0 radical (unpaired) electrons. The molecule has 1 aliphatic carbocycles. The van der Waals surface area contributed by atoms with E-state index in [0.29, 0.717) is 12.8 Å². The van der Waals surface area contributed by atoms with Crippen LogP contribution in [0.5, 0.6) is 0 Å². The molecule has 0 spiro atoms. The summed E-state index contributed by atoms with van der Waals surface area (Å²) >= 11 is 0. The van der Waals surface area contributed by atoms with Crippen LogP contribution in [0, 0.1) is 5.41 Å². The monoisotopic (exact) mass is 246 g/mol. The highest BCUT2D eigenvalue weighted by Gasteiger charge is 2.66. The molecule has 0 N–H and O–H groups in total. The molecule has 0 aromatic heterocycles. The Balaban J connectivity index is 3.30. The molecule has 1 rings (SSSR count). The van der Waals surface area contributed by atoms with E-state index in [-0.39, 0.29) is 11.2 Å². The summed E-state index contributed by atoms with van der Waals surface area (Å²) in [7, 11) is -3.43. The Morgan fingerprint density at radius 1 is 1.06 bits per heavy atom. The molecule has 0 aliphatic heterocycles. The van der Waals surface area contributed by atoms with Crippen LogP contribution in [0.3, 0.4) is 0 Å². The van der Waals surface area contributed by atoms with Crippen LogP contribution in [0.2, 0.25) is 0 Å². The van der Waals surface area contributed by atoms with Crippen molar-refractivity contribution in [2.45, 2.75) is 63.9 Å². The fourth-order valence-corrected chi connectivity index (χ4v) is 5.01. The first kappa shape index (κ1) is 13.7. The lowest BCUT2D eigenvalue weighted by Gasteiger charge is -2.36. The zero-order chi connectivity index (χ0) is 13.0. The van der Waals surface area contributed by atoms with E-state index in [1.54, 1.807) is 0 Å². The Bertz CT molecular complexity index is 406. The van der Waals surface area contributed by atoms with E-state index < -0.39 is 19.3 Å². The summed E-state index contributed by atoms with van der Waals surface area (Å²) in [5.74, 6) is -0.275. The number of hydrogen-bond donors (Lipinski definition) is 0. The van der Waals surface area contributed by atoms with Crippen molar-refractivity contribution >= 4 is 15.6 Å². The fraction of sp³-hybridized carbons (Fsp3) is 0.917. The van der Waals surface area contributed by atoms with E-state index in [1.807, 2.05) is 20.8 Å². The van der Waals surface area contributed by atoms with Gasteiger partial charge in [-0.2, -0.15) is 0 Å². The first-order chi connectivity index (χ1) is 6.90. The molecular formula is C12H22O3S. The maximum Gasteiger partial charge on any atom is 0.168 e.